The monoisotopic (exact) mass is 274 g/mol. The largest absolute Gasteiger partial charge is 0.465 e. The molecule has 0 aliphatic carbocycles. The molecule has 0 N–H and O–H groups in total. The van der Waals surface area contributed by atoms with Crippen molar-refractivity contribution in [3.05, 3.63) is 0 Å². The third kappa shape index (κ3) is 8.84. The van der Waals surface area contributed by atoms with Crippen molar-refractivity contribution in [3.8, 4) is 0 Å². The van der Waals surface area contributed by atoms with Gasteiger partial charge in [-0.15, -0.1) is 11.8 Å². The van der Waals surface area contributed by atoms with E-state index < -0.39 is 4.75 Å². The number of thioether (sulfide) groups is 1. The fraction of sp³-hybridized carbons (Fsp3) is 0.933. The van der Waals surface area contributed by atoms with Crippen LogP contribution >= 0.6 is 11.8 Å². The Bertz CT molecular complexity index is 215. The lowest BCUT2D eigenvalue weighted by Crippen LogP contribution is -2.30. The highest BCUT2D eigenvalue weighted by Crippen LogP contribution is 2.26. The molecule has 0 rings (SSSR count). The van der Waals surface area contributed by atoms with E-state index in [9.17, 15) is 4.79 Å². The van der Waals surface area contributed by atoms with E-state index in [2.05, 4.69) is 13.8 Å². The minimum Gasteiger partial charge on any atom is -0.465 e. The highest BCUT2D eigenvalue weighted by atomic mass is 32.2. The Morgan fingerprint density at radius 2 is 1.61 bits per heavy atom. The summed E-state index contributed by atoms with van der Waals surface area (Å²) in [6.45, 7) is 8.84. The first-order valence-corrected chi connectivity index (χ1v) is 8.34. The van der Waals surface area contributed by atoms with Crippen molar-refractivity contribution in [2.24, 2.45) is 0 Å². The Balaban J connectivity index is 3.57. The Morgan fingerprint density at radius 1 is 1.00 bits per heavy atom. The second-order valence-corrected chi connectivity index (χ2v) is 6.98. The van der Waals surface area contributed by atoms with Crippen LogP contribution in [-0.2, 0) is 9.53 Å². The zero-order chi connectivity index (χ0) is 13.9. The summed E-state index contributed by atoms with van der Waals surface area (Å²) in [4.78, 5) is 11.9. The predicted octanol–water partition coefficient (Wildman–Crippen LogP) is 4.81. The fourth-order valence-corrected chi connectivity index (χ4v) is 2.53. The molecule has 0 aliphatic rings. The number of ether oxygens (including phenoxy) is 1. The molecular weight excluding hydrogens is 244 g/mol. The van der Waals surface area contributed by atoms with Gasteiger partial charge < -0.3 is 4.74 Å². The Kier molecular flexibility index (Phi) is 10.6. The summed E-state index contributed by atoms with van der Waals surface area (Å²) in [5, 5.41) is 0. The highest BCUT2D eigenvalue weighted by molar-refractivity contribution is 8.01. The van der Waals surface area contributed by atoms with Crippen LogP contribution in [0.4, 0.5) is 0 Å². The van der Waals surface area contributed by atoms with E-state index >= 15 is 0 Å². The molecular formula is C15H30O2S. The van der Waals surface area contributed by atoms with Gasteiger partial charge in [-0.2, -0.15) is 0 Å². The smallest absolute Gasteiger partial charge is 0.321 e. The van der Waals surface area contributed by atoms with E-state index in [1.165, 1.54) is 32.1 Å². The molecule has 0 heterocycles. The maximum atomic E-state index is 11.9. The van der Waals surface area contributed by atoms with Crippen molar-refractivity contribution >= 4 is 17.7 Å². The maximum Gasteiger partial charge on any atom is 0.321 e. The normalized spacial score (nSPS) is 11.6. The maximum absolute atomic E-state index is 11.9. The van der Waals surface area contributed by atoms with Crippen molar-refractivity contribution < 1.29 is 9.53 Å². The molecule has 108 valence electrons. The molecule has 0 aromatic heterocycles. The van der Waals surface area contributed by atoms with Crippen molar-refractivity contribution in [2.75, 3.05) is 12.4 Å². The van der Waals surface area contributed by atoms with Crippen molar-refractivity contribution in [1.82, 2.24) is 0 Å². The standard InChI is InChI=1S/C15H30O2S/c1-5-7-8-9-10-11-12-17-14(16)15(3,4)18-13-6-2/h5-13H2,1-4H3. The number of hydrogen-bond donors (Lipinski definition) is 0. The molecule has 18 heavy (non-hydrogen) atoms. The van der Waals surface area contributed by atoms with Crippen LogP contribution < -0.4 is 0 Å². The van der Waals surface area contributed by atoms with Crippen molar-refractivity contribution in [3.63, 3.8) is 0 Å². The van der Waals surface area contributed by atoms with Crippen LogP contribution in [0.25, 0.3) is 0 Å². The van der Waals surface area contributed by atoms with Gasteiger partial charge in [0.1, 0.15) is 4.75 Å². The van der Waals surface area contributed by atoms with Gasteiger partial charge in [-0.1, -0.05) is 46.0 Å². The molecule has 0 aromatic rings. The summed E-state index contributed by atoms with van der Waals surface area (Å²) in [7, 11) is 0. The quantitative estimate of drug-likeness (QED) is 0.399. The lowest BCUT2D eigenvalue weighted by atomic mass is 10.1. The number of rotatable bonds is 11. The van der Waals surface area contributed by atoms with Gasteiger partial charge >= 0.3 is 5.97 Å². The Hall–Kier alpha value is -0.180. The van der Waals surface area contributed by atoms with Gasteiger partial charge in [-0.05, 0) is 32.4 Å². The first kappa shape index (κ1) is 17.8. The summed E-state index contributed by atoms with van der Waals surface area (Å²) in [6, 6.07) is 0. The van der Waals surface area contributed by atoms with E-state index in [1.807, 2.05) is 13.8 Å². The van der Waals surface area contributed by atoms with E-state index in [0.717, 1.165) is 18.6 Å². The van der Waals surface area contributed by atoms with Crippen LogP contribution in [-0.4, -0.2) is 23.1 Å². The first-order valence-electron chi connectivity index (χ1n) is 7.35. The molecule has 3 heteroatoms. The third-order valence-electron chi connectivity index (χ3n) is 2.89. The molecule has 0 spiro atoms. The second-order valence-electron chi connectivity index (χ2n) is 5.26. The Labute approximate surface area is 117 Å². The second kappa shape index (κ2) is 10.7. The van der Waals surface area contributed by atoms with Crippen molar-refractivity contribution in [1.29, 1.82) is 0 Å². The number of unbranched alkanes of at least 4 members (excludes halogenated alkanes) is 5. The summed E-state index contributed by atoms with van der Waals surface area (Å²) in [6.07, 6.45) is 8.44. The Morgan fingerprint density at radius 3 is 2.22 bits per heavy atom. The van der Waals surface area contributed by atoms with Gasteiger partial charge in [0, 0.05) is 0 Å². The minimum atomic E-state index is -0.391. The molecule has 0 unspecified atom stereocenters. The van der Waals surface area contributed by atoms with Gasteiger partial charge in [0.15, 0.2) is 0 Å². The van der Waals surface area contributed by atoms with Gasteiger partial charge in [0.25, 0.3) is 0 Å². The van der Waals surface area contributed by atoms with Gasteiger partial charge in [0.2, 0.25) is 0 Å². The topological polar surface area (TPSA) is 26.3 Å². The summed E-state index contributed by atoms with van der Waals surface area (Å²) in [5.74, 6) is 0.952. The van der Waals surface area contributed by atoms with Gasteiger partial charge in [-0.25, -0.2) is 0 Å². The number of carbonyl (C=O) groups excluding carboxylic acids is 1. The third-order valence-corrected chi connectivity index (χ3v) is 4.39. The molecule has 2 nitrogen and oxygen atoms in total. The predicted molar refractivity (Wildman–Crippen MR) is 81.2 cm³/mol. The molecule has 0 saturated heterocycles. The van der Waals surface area contributed by atoms with Gasteiger partial charge in [-0.3, -0.25) is 4.79 Å². The molecule has 0 bridgehead atoms. The zero-order valence-corrected chi connectivity index (χ0v) is 13.4. The van der Waals surface area contributed by atoms with Crippen molar-refractivity contribution in [2.45, 2.75) is 77.4 Å². The summed E-state index contributed by atoms with van der Waals surface area (Å²) < 4.78 is 4.96. The molecule has 0 aliphatic heterocycles. The lowest BCUT2D eigenvalue weighted by molar-refractivity contribution is -0.145. The highest BCUT2D eigenvalue weighted by Gasteiger charge is 2.29. The van der Waals surface area contributed by atoms with Crippen LogP contribution in [0.15, 0.2) is 0 Å². The van der Waals surface area contributed by atoms with E-state index in [4.69, 9.17) is 4.74 Å². The summed E-state index contributed by atoms with van der Waals surface area (Å²) in [5.41, 5.74) is 0. The number of hydrogen-bond acceptors (Lipinski definition) is 3. The SMILES string of the molecule is CCCCCCCCOC(=O)C(C)(C)SCCC. The van der Waals surface area contributed by atoms with Crippen LogP contribution in [0.1, 0.15) is 72.6 Å². The average molecular weight is 274 g/mol. The molecule has 0 fully saturated rings. The number of carbonyl (C=O) groups is 1. The van der Waals surface area contributed by atoms with Crippen LogP contribution in [0.3, 0.4) is 0 Å². The average Bonchev–Trinajstić information content (AvgIpc) is 2.35. The van der Waals surface area contributed by atoms with Gasteiger partial charge in [0.05, 0.1) is 6.61 Å². The molecule has 0 aromatic carbocycles. The molecule has 0 saturated carbocycles. The van der Waals surface area contributed by atoms with E-state index in [1.54, 1.807) is 11.8 Å². The fourth-order valence-electron chi connectivity index (χ4n) is 1.64. The lowest BCUT2D eigenvalue weighted by Gasteiger charge is -2.21. The number of esters is 1. The van der Waals surface area contributed by atoms with E-state index in [0.29, 0.717) is 6.61 Å². The first-order chi connectivity index (χ1) is 8.54. The van der Waals surface area contributed by atoms with Crippen LogP contribution in [0.2, 0.25) is 0 Å². The minimum absolute atomic E-state index is 0.0606. The molecule has 0 radical (unpaired) electrons. The zero-order valence-electron chi connectivity index (χ0n) is 12.6. The van der Waals surface area contributed by atoms with Crippen LogP contribution in [0.5, 0.6) is 0 Å². The van der Waals surface area contributed by atoms with Crippen LogP contribution in [0, 0.1) is 0 Å². The van der Waals surface area contributed by atoms with E-state index in [-0.39, 0.29) is 5.97 Å². The summed E-state index contributed by atoms with van der Waals surface area (Å²) >= 11 is 1.69. The molecule has 0 atom stereocenters. The molecule has 0 amide bonds.